The van der Waals surface area contributed by atoms with E-state index >= 15 is 0 Å². The minimum atomic E-state index is -0.620. The van der Waals surface area contributed by atoms with E-state index < -0.39 is 16.1 Å². The molecule has 1 aromatic carbocycles. The van der Waals surface area contributed by atoms with Crippen molar-refractivity contribution in [2.24, 2.45) is 4.99 Å². The van der Waals surface area contributed by atoms with Crippen LogP contribution in [0.1, 0.15) is 19.3 Å². The van der Waals surface area contributed by atoms with Crippen LogP contribution in [0, 0.1) is 10.1 Å². The molecular weight excluding hydrogens is 396 g/mol. The molecule has 1 aromatic rings. The molecule has 2 N–H and O–H groups in total. The molecule has 2 atom stereocenters. The number of carbonyl (C=O) groups is 2. The molecule has 0 spiro atoms. The number of nitro benzene ring substituents is 1. The highest BCUT2D eigenvalue weighted by atomic mass is 35.5. The number of hydrogen-bond donors (Lipinski definition) is 2. The molecule has 2 amide bonds. The predicted molar refractivity (Wildman–Crippen MR) is 102 cm³/mol. The number of nitro groups is 1. The second kappa shape index (κ2) is 8.68. The normalized spacial score (nSPS) is 23.4. The van der Waals surface area contributed by atoms with E-state index in [1.165, 1.54) is 30.0 Å². The van der Waals surface area contributed by atoms with Gasteiger partial charge in [0.05, 0.1) is 28.3 Å². The molecule has 0 bridgehead atoms. The molecule has 0 saturated carbocycles. The summed E-state index contributed by atoms with van der Waals surface area (Å²) in [6.07, 6.45) is 1.94. The minimum absolute atomic E-state index is 0.0772. The highest BCUT2D eigenvalue weighted by molar-refractivity contribution is 8.15. The van der Waals surface area contributed by atoms with Crippen molar-refractivity contribution in [2.75, 3.05) is 18.5 Å². The van der Waals surface area contributed by atoms with E-state index in [0.717, 1.165) is 19.4 Å². The van der Waals surface area contributed by atoms with E-state index in [1.807, 2.05) is 0 Å². The van der Waals surface area contributed by atoms with E-state index in [1.54, 1.807) is 0 Å². The first kappa shape index (κ1) is 19.6. The Balaban J connectivity index is 1.56. The topological polar surface area (TPSA) is 123 Å². The first-order chi connectivity index (χ1) is 12.9. The molecule has 0 radical (unpaired) electrons. The SMILES string of the molecule is O=C(C[C@@H]1SC(=NC[C@H]2CCCO2)NC1=O)Nc1cc([N+](=O)[O-])ccc1Cl. The van der Waals surface area contributed by atoms with E-state index in [9.17, 15) is 19.7 Å². The molecule has 3 rings (SSSR count). The zero-order valence-electron chi connectivity index (χ0n) is 14.1. The number of rotatable bonds is 6. The molecule has 2 aliphatic rings. The van der Waals surface area contributed by atoms with Gasteiger partial charge in [0, 0.05) is 25.2 Å². The quantitative estimate of drug-likeness (QED) is 0.546. The van der Waals surface area contributed by atoms with E-state index in [4.69, 9.17) is 16.3 Å². The predicted octanol–water partition coefficient (Wildman–Crippen LogP) is 2.34. The van der Waals surface area contributed by atoms with Gasteiger partial charge in [-0.1, -0.05) is 23.4 Å². The van der Waals surface area contributed by atoms with Crippen molar-refractivity contribution < 1.29 is 19.2 Å². The fraction of sp³-hybridized carbons (Fsp3) is 0.438. The lowest BCUT2D eigenvalue weighted by atomic mass is 10.2. The summed E-state index contributed by atoms with van der Waals surface area (Å²) < 4.78 is 5.48. The molecule has 144 valence electrons. The van der Waals surface area contributed by atoms with Crippen LogP contribution in [-0.4, -0.2) is 46.4 Å². The number of ether oxygens (including phenoxy) is 1. The number of nitrogens with one attached hydrogen (secondary N) is 2. The number of halogens is 1. The van der Waals surface area contributed by atoms with Crippen LogP contribution in [0.5, 0.6) is 0 Å². The molecule has 27 heavy (non-hydrogen) atoms. The fourth-order valence-corrected chi connectivity index (χ4v) is 3.82. The van der Waals surface area contributed by atoms with Gasteiger partial charge in [0.25, 0.3) is 5.69 Å². The van der Waals surface area contributed by atoms with E-state index in [0.29, 0.717) is 11.7 Å². The van der Waals surface area contributed by atoms with Gasteiger partial charge in [0.1, 0.15) is 5.25 Å². The summed E-state index contributed by atoms with van der Waals surface area (Å²) in [6, 6.07) is 3.76. The third kappa shape index (κ3) is 5.18. The summed E-state index contributed by atoms with van der Waals surface area (Å²) in [7, 11) is 0. The summed E-state index contributed by atoms with van der Waals surface area (Å²) in [5, 5.41) is 16.0. The number of amides is 2. The van der Waals surface area contributed by atoms with Crippen LogP contribution in [0.4, 0.5) is 11.4 Å². The van der Waals surface area contributed by atoms with Crippen LogP contribution in [-0.2, 0) is 14.3 Å². The van der Waals surface area contributed by atoms with Crippen LogP contribution in [0.25, 0.3) is 0 Å². The molecular formula is C16H17ClN4O5S. The lowest BCUT2D eigenvalue weighted by Crippen LogP contribution is -2.28. The van der Waals surface area contributed by atoms with Gasteiger partial charge in [-0.05, 0) is 18.9 Å². The number of amidine groups is 1. The maximum Gasteiger partial charge on any atom is 0.271 e. The van der Waals surface area contributed by atoms with E-state index in [-0.39, 0.29) is 34.8 Å². The number of nitrogens with zero attached hydrogens (tertiary/aromatic N) is 2. The summed E-state index contributed by atoms with van der Waals surface area (Å²) in [5.41, 5.74) is -0.0576. The Kier molecular flexibility index (Phi) is 6.30. The van der Waals surface area contributed by atoms with Crippen molar-refractivity contribution >= 4 is 51.7 Å². The van der Waals surface area contributed by atoms with Gasteiger partial charge >= 0.3 is 0 Å². The Bertz CT molecular complexity index is 797. The second-order valence-electron chi connectivity index (χ2n) is 6.05. The average Bonchev–Trinajstić information content (AvgIpc) is 3.25. The van der Waals surface area contributed by atoms with Crippen LogP contribution in [0.3, 0.4) is 0 Å². The first-order valence-electron chi connectivity index (χ1n) is 8.30. The Labute approximate surface area is 164 Å². The summed E-state index contributed by atoms with van der Waals surface area (Å²) in [5.74, 6) is -0.767. The van der Waals surface area contributed by atoms with Gasteiger partial charge in [-0.2, -0.15) is 0 Å². The maximum atomic E-state index is 12.2. The first-order valence-corrected chi connectivity index (χ1v) is 9.55. The summed E-state index contributed by atoms with van der Waals surface area (Å²) >= 11 is 7.15. The Hall–Kier alpha value is -2.17. The third-order valence-corrected chi connectivity index (χ3v) is 5.49. The van der Waals surface area contributed by atoms with Gasteiger partial charge < -0.3 is 15.4 Å². The van der Waals surface area contributed by atoms with Gasteiger partial charge in [-0.25, -0.2) is 0 Å². The molecule has 0 aromatic heterocycles. The third-order valence-electron chi connectivity index (χ3n) is 4.04. The fourth-order valence-electron chi connectivity index (χ4n) is 2.68. The van der Waals surface area contributed by atoms with Crippen molar-refractivity contribution in [1.29, 1.82) is 0 Å². The summed E-state index contributed by atoms with van der Waals surface area (Å²) in [6.45, 7) is 1.21. The molecule has 2 heterocycles. The van der Waals surface area contributed by atoms with Crippen LogP contribution < -0.4 is 10.6 Å². The number of non-ortho nitro benzene ring substituents is 1. The number of thioether (sulfide) groups is 1. The highest BCUT2D eigenvalue weighted by Gasteiger charge is 2.32. The zero-order valence-corrected chi connectivity index (χ0v) is 15.7. The number of anilines is 1. The molecule has 9 nitrogen and oxygen atoms in total. The van der Waals surface area contributed by atoms with Gasteiger partial charge in [0.2, 0.25) is 11.8 Å². The Morgan fingerprint density at radius 2 is 2.33 bits per heavy atom. The molecule has 2 fully saturated rings. The number of hydrogen-bond acceptors (Lipinski definition) is 7. The van der Waals surface area contributed by atoms with Gasteiger partial charge in [-0.3, -0.25) is 24.7 Å². The maximum absolute atomic E-state index is 12.2. The molecule has 11 heteroatoms. The summed E-state index contributed by atoms with van der Waals surface area (Å²) in [4.78, 5) is 38.9. The number of aliphatic imine (C=N–C) groups is 1. The Morgan fingerprint density at radius 1 is 1.52 bits per heavy atom. The molecule has 2 saturated heterocycles. The lowest BCUT2D eigenvalue weighted by Gasteiger charge is -2.09. The highest BCUT2D eigenvalue weighted by Crippen LogP contribution is 2.28. The molecule has 0 unspecified atom stereocenters. The second-order valence-corrected chi connectivity index (χ2v) is 7.65. The standard InChI is InChI=1S/C16H17ClN4O5S/c17-11-4-3-9(21(24)25)6-12(11)19-14(22)7-13-15(23)20-16(27-13)18-8-10-2-1-5-26-10/h3-4,6,10,13H,1-2,5,7-8H2,(H,19,22)(H,18,20,23)/t10-,13+/m1/s1. The van der Waals surface area contributed by atoms with Crippen LogP contribution >= 0.6 is 23.4 Å². The van der Waals surface area contributed by atoms with Crippen molar-refractivity contribution in [3.63, 3.8) is 0 Å². The van der Waals surface area contributed by atoms with Gasteiger partial charge in [-0.15, -0.1) is 0 Å². The lowest BCUT2D eigenvalue weighted by molar-refractivity contribution is -0.384. The number of carbonyl (C=O) groups excluding carboxylic acids is 2. The molecule has 0 aliphatic carbocycles. The largest absolute Gasteiger partial charge is 0.376 e. The smallest absolute Gasteiger partial charge is 0.271 e. The number of benzene rings is 1. The zero-order chi connectivity index (χ0) is 19.4. The Morgan fingerprint density at radius 3 is 3.04 bits per heavy atom. The van der Waals surface area contributed by atoms with Crippen molar-refractivity contribution in [3.05, 3.63) is 33.3 Å². The van der Waals surface area contributed by atoms with E-state index in [2.05, 4.69) is 15.6 Å². The average molecular weight is 413 g/mol. The monoisotopic (exact) mass is 412 g/mol. The van der Waals surface area contributed by atoms with Crippen molar-refractivity contribution in [2.45, 2.75) is 30.6 Å². The van der Waals surface area contributed by atoms with Gasteiger partial charge in [0.15, 0.2) is 5.17 Å². The van der Waals surface area contributed by atoms with Crippen molar-refractivity contribution in [1.82, 2.24) is 5.32 Å². The molecule has 2 aliphatic heterocycles. The van der Waals surface area contributed by atoms with Crippen LogP contribution in [0.2, 0.25) is 5.02 Å². The van der Waals surface area contributed by atoms with Crippen molar-refractivity contribution in [3.8, 4) is 0 Å². The minimum Gasteiger partial charge on any atom is -0.376 e. The van der Waals surface area contributed by atoms with Crippen LogP contribution in [0.15, 0.2) is 23.2 Å².